The summed E-state index contributed by atoms with van der Waals surface area (Å²) in [5.41, 5.74) is 0. The van der Waals surface area contributed by atoms with Crippen molar-refractivity contribution in [2.24, 2.45) is 5.92 Å². The van der Waals surface area contributed by atoms with Gasteiger partial charge in [0.25, 0.3) is 0 Å². The highest BCUT2D eigenvalue weighted by molar-refractivity contribution is 7.54. The summed E-state index contributed by atoms with van der Waals surface area (Å²) >= 11 is 0. The largest absolute Gasteiger partial charge is 0.480 e. The van der Waals surface area contributed by atoms with Gasteiger partial charge >= 0.3 is 13.6 Å². The summed E-state index contributed by atoms with van der Waals surface area (Å²) in [7, 11) is -3.34. The fraction of sp³-hybridized carbons (Fsp3) is 0.923. The lowest BCUT2D eigenvalue weighted by molar-refractivity contribution is -0.140. The van der Waals surface area contributed by atoms with E-state index in [0.29, 0.717) is 12.8 Å². The maximum Gasteiger partial charge on any atom is 0.347 e. The molecule has 0 aromatic heterocycles. The molecule has 0 aromatic carbocycles. The Morgan fingerprint density at radius 1 is 1.20 bits per heavy atom. The zero-order chi connectivity index (χ0) is 15.8. The van der Waals surface area contributed by atoms with Crippen LogP contribution in [0.3, 0.4) is 0 Å². The molecule has 6 nitrogen and oxygen atoms in total. The van der Waals surface area contributed by atoms with Crippen molar-refractivity contribution in [1.82, 2.24) is 5.32 Å². The summed E-state index contributed by atoms with van der Waals surface area (Å²) in [6, 6.07) is -0.755. The van der Waals surface area contributed by atoms with Crippen molar-refractivity contribution < 1.29 is 23.5 Å². The number of carboxylic acid groups (broad SMARTS) is 1. The second kappa shape index (κ2) is 9.50. The second-order valence-electron chi connectivity index (χ2n) is 4.99. The molecule has 0 saturated carbocycles. The van der Waals surface area contributed by atoms with Gasteiger partial charge in [0.1, 0.15) is 11.8 Å². The Hall–Kier alpha value is -0.420. The molecule has 0 aliphatic carbocycles. The van der Waals surface area contributed by atoms with Crippen LogP contribution in [0.25, 0.3) is 0 Å². The molecule has 0 radical (unpaired) electrons. The number of rotatable bonds is 11. The molecule has 0 bridgehead atoms. The highest BCUT2D eigenvalue weighted by Crippen LogP contribution is 2.53. The molecule has 0 amide bonds. The Bertz CT molecular complexity index is 325. The summed E-state index contributed by atoms with van der Waals surface area (Å²) in [5, 5.41) is 12.2. The van der Waals surface area contributed by atoms with Crippen LogP contribution in [0.5, 0.6) is 0 Å². The fourth-order valence-electron chi connectivity index (χ4n) is 1.95. The molecule has 120 valence electrons. The first kappa shape index (κ1) is 19.6. The van der Waals surface area contributed by atoms with E-state index in [1.165, 1.54) is 0 Å². The third-order valence-corrected chi connectivity index (χ3v) is 5.30. The predicted molar refractivity (Wildman–Crippen MR) is 79.0 cm³/mol. The van der Waals surface area contributed by atoms with Crippen molar-refractivity contribution in [3.05, 3.63) is 0 Å². The molecule has 0 aromatic rings. The molecule has 0 aliphatic heterocycles. The quantitative estimate of drug-likeness (QED) is 0.571. The van der Waals surface area contributed by atoms with E-state index in [2.05, 4.69) is 5.32 Å². The Morgan fingerprint density at radius 2 is 1.70 bits per heavy atom. The number of hydrogen-bond donors (Lipinski definition) is 2. The summed E-state index contributed by atoms with van der Waals surface area (Å²) in [5.74, 6) is -1.33. The smallest absolute Gasteiger partial charge is 0.347 e. The Kier molecular flexibility index (Phi) is 9.30. The Labute approximate surface area is 121 Å². The lowest BCUT2D eigenvalue weighted by atomic mass is 10.0. The van der Waals surface area contributed by atoms with Crippen LogP contribution in [-0.2, 0) is 18.4 Å². The minimum absolute atomic E-state index is 0.222. The van der Waals surface area contributed by atoms with E-state index in [4.69, 9.17) is 9.05 Å². The monoisotopic (exact) mass is 309 g/mol. The SMILES string of the molecule is CCOP(=O)(OCC)[C@H](CC)N[C@@H](CC(C)C)C(=O)O. The standard InChI is InChI=1S/C13H28NO5P/c1-6-12(20(17,18-7-2)19-8-3)14-11(13(15)16)9-10(4)5/h10-12,14H,6-9H2,1-5H3,(H,15,16)/t11-,12+/m0/s1. The van der Waals surface area contributed by atoms with Crippen LogP contribution in [0.2, 0.25) is 0 Å². The van der Waals surface area contributed by atoms with Crippen molar-refractivity contribution in [2.75, 3.05) is 13.2 Å². The maximum atomic E-state index is 12.7. The first-order valence-electron chi connectivity index (χ1n) is 7.18. The molecule has 0 spiro atoms. The van der Waals surface area contributed by atoms with Crippen LogP contribution < -0.4 is 5.32 Å². The first-order valence-corrected chi connectivity index (χ1v) is 8.79. The van der Waals surface area contributed by atoms with Crippen molar-refractivity contribution in [3.63, 3.8) is 0 Å². The molecule has 0 rings (SSSR count). The van der Waals surface area contributed by atoms with Gasteiger partial charge in [-0.1, -0.05) is 20.8 Å². The minimum Gasteiger partial charge on any atom is -0.480 e. The summed E-state index contributed by atoms with van der Waals surface area (Å²) < 4.78 is 23.3. The highest BCUT2D eigenvalue weighted by atomic mass is 31.2. The van der Waals surface area contributed by atoms with Crippen molar-refractivity contribution in [3.8, 4) is 0 Å². The van der Waals surface area contributed by atoms with Crippen LogP contribution in [0.4, 0.5) is 0 Å². The minimum atomic E-state index is -3.34. The summed E-state index contributed by atoms with van der Waals surface area (Å²) in [6.45, 7) is 9.72. The van der Waals surface area contributed by atoms with Crippen molar-refractivity contribution in [1.29, 1.82) is 0 Å². The van der Waals surface area contributed by atoms with E-state index in [-0.39, 0.29) is 19.1 Å². The number of nitrogens with one attached hydrogen (secondary N) is 1. The molecule has 7 heteroatoms. The van der Waals surface area contributed by atoms with Gasteiger partial charge in [0.2, 0.25) is 0 Å². The van der Waals surface area contributed by atoms with Gasteiger partial charge in [0.05, 0.1) is 13.2 Å². The molecule has 0 saturated heterocycles. The molecule has 0 fully saturated rings. The van der Waals surface area contributed by atoms with E-state index >= 15 is 0 Å². The molecule has 0 aliphatic rings. The highest BCUT2D eigenvalue weighted by Gasteiger charge is 2.37. The van der Waals surface area contributed by atoms with Gasteiger partial charge in [0, 0.05) is 0 Å². The van der Waals surface area contributed by atoms with Gasteiger partial charge in [0.15, 0.2) is 0 Å². The maximum absolute atomic E-state index is 12.7. The Balaban J connectivity index is 5.02. The van der Waals surface area contributed by atoms with Crippen LogP contribution >= 0.6 is 7.60 Å². The average Bonchev–Trinajstić information content (AvgIpc) is 2.33. The van der Waals surface area contributed by atoms with E-state index in [1.807, 2.05) is 20.8 Å². The first-order chi connectivity index (χ1) is 9.30. The topological polar surface area (TPSA) is 84.9 Å². The number of carboxylic acids is 1. The van der Waals surface area contributed by atoms with Crippen molar-refractivity contribution >= 4 is 13.6 Å². The fourth-order valence-corrected chi connectivity index (χ4v) is 3.92. The van der Waals surface area contributed by atoms with Gasteiger partial charge in [-0.25, -0.2) is 0 Å². The zero-order valence-corrected chi connectivity index (χ0v) is 14.0. The van der Waals surface area contributed by atoms with Crippen LogP contribution in [0, 0.1) is 5.92 Å². The van der Waals surface area contributed by atoms with Crippen LogP contribution in [-0.4, -0.2) is 36.1 Å². The van der Waals surface area contributed by atoms with Gasteiger partial charge in [-0.15, -0.1) is 0 Å². The average molecular weight is 309 g/mol. The lowest BCUT2D eigenvalue weighted by Crippen LogP contribution is -2.44. The van der Waals surface area contributed by atoms with E-state index in [1.54, 1.807) is 13.8 Å². The number of carbonyl (C=O) groups is 1. The normalized spacial score (nSPS) is 15.3. The van der Waals surface area contributed by atoms with Gasteiger partial charge in [-0.2, -0.15) is 0 Å². The third kappa shape index (κ3) is 6.35. The lowest BCUT2D eigenvalue weighted by Gasteiger charge is -2.29. The number of aliphatic carboxylic acids is 1. The molecule has 20 heavy (non-hydrogen) atoms. The predicted octanol–water partition coefficient (Wildman–Crippen LogP) is 3.08. The van der Waals surface area contributed by atoms with Crippen molar-refractivity contribution in [2.45, 2.75) is 59.3 Å². The van der Waals surface area contributed by atoms with E-state index < -0.39 is 25.4 Å². The molecule has 2 atom stereocenters. The summed E-state index contributed by atoms with van der Waals surface area (Å²) in [6.07, 6.45) is 0.934. The van der Waals surface area contributed by atoms with Crippen LogP contribution in [0.1, 0.15) is 47.5 Å². The third-order valence-electron chi connectivity index (χ3n) is 2.79. The molecule has 0 unspecified atom stereocenters. The molecular weight excluding hydrogens is 281 g/mol. The molecular formula is C13H28NO5P. The van der Waals surface area contributed by atoms with Crippen LogP contribution in [0.15, 0.2) is 0 Å². The summed E-state index contributed by atoms with van der Waals surface area (Å²) in [4.78, 5) is 11.3. The zero-order valence-electron chi connectivity index (χ0n) is 13.1. The van der Waals surface area contributed by atoms with E-state index in [9.17, 15) is 14.5 Å². The van der Waals surface area contributed by atoms with Gasteiger partial charge < -0.3 is 14.2 Å². The second-order valence-corrected chi connectivity index (χ2v) is 7.21. The Morgan fingerprint density at radius 3 is 2.00 bits per heavy atom. The number of hydrogen-bond acceptors (Lipinski definition) is 5. The van der Waals surface area contributed by atoms with Gasteiger partial charge in [-0.3, -0.25) is 14.7 Å². The molecule has 2 N–H and O–H groups in total. The van der Waals surface area contributed by atoms with E-state index in [0.717, 1.165) is 0 Å². The molecule has 0 heterocycles. The van der Waals surface area contributed by atoms with Gasteiger partial charge in [-0.05, 0) is 32.6 Å².